The molecular formula is C18H29IN6S. The van der Waals surface area contributed by atoms with Gasteiger partial charge in [-0.05, 0) is 39.2 Å². The zero-order valence-corrected chi connectivity index (χ0v) is 19.1. The van der Waals surface area contributed by atoms with Gasteiger partial charge in [0.2, 0.25) is 0 Å². The first-order valence-corrected chi connectivity index (χ1v) is 9.88. The zero-order valence-electron chi connectivity index (χ0n) is 16.0. The molecule has 3 rings (SSSR count). The second kappa shape index (κ2) is 9.68. The number of rotatable bonds is 5. The van der Waals surface area contributed by atoms with Gasteiger partial charge < -0.3 is 10.6 Å². The van der Waals surface area contributed by atoms with E-state index < -0.39 is 0 Å². The van der Waals surface area contributed by atoms with E-state index in [-0.39, 0.29) is 24.0 Å². The van der Waals surface area contributed by atoms with E-state index in [0.717, 1.165) is 48.9 Å². The van der Waals surface area contributed by atoms with Gasteiger partial charge in [0.1, 0.15) is 0 Å². The first kappa shape index (κ1) is 21.1. The van der Waals surface area contributed by atoms with Gasteiger partial charge in [-0.3, -0.25) is 9.67 Å². The van der Waals surface area contributed by atoms with Crippen molar-refractivity contribution in [2.24, 2.45) is 4.99 Å². The maximum Gasteiger partial charge on any atom is 0.191 e. The lowest BCUT2D eigenvalue weighted by Crippen LogP contribution is -2.46. The van der Waals surface area contributed by atoms with Gasteiger partial charge in [0, 0.05) is 50.1 Å². The van der Waals surface area contributed by atoms with Crippen LogP contribution in [0.3, 0.4) is 0 Å². The molecule has 0 radical (unpaired) electrons. The second-order valence-electron chi connectivity index (χ2n) is 6.87. The summed E-state index contributed by atoms with van der Waals surface area (Å²) < 4.78 is 2.08. The highest BCUT2D eigenvalue weighted by Crippen LogP contribution is 2.21. The Kier molecular flexibility index (Phi) is 7.87. The van der Waals surface area contributed by atoms with Crippen LogP contribution in [0.5, 0.6) is 0 Å². The van der Waals surface area contributed by atoms with Crippen molar-refractivity contribution in [2.45, 2.75) is 58.5 Å². The van der Waals surface area contributed by atoms with Crippen LogP contribution in [0.15, 0.2) is 16.6 Å². The Balaban J connectivity index is 0.00000243. The SMILES string of the molecule is CN=C(NCCc1csc(C)n1)NC1CCc2cn(C(C)C)nc2C1.I. The van der Waals surface area contributed by atoms with Crippen LogP contribution in [0.1, 0.15) is 48.3 Å². The average molecular weight is 488 g/mol. The number of halogens is 1. The fourth-order valence-corrected chi connectivity index (χ4v) is 3.77. The molecule has 1 aliphatic carbocycles. The number of nitrogens with one attached hydrogen (secondary N) is 2. The molecule has 2 aromatic heterocycles. The summed E-state index contributed by atoms with van der Waals surface area (Å²) in [5.74, 6) is 0.865. The second-order valence-corrected chi connectivity index (χ2v) is 7.93. The summed E-state index contributed by atoms with van der Waals surface area (Å²) in [6.07, 6.45) is 6.27. The summed E-state index contributed by atoms with van der Waals surface area (Å²) >= 11 is 1.70. The van der Waals surface area contributed by atoms with Crippen LogP contribution in [0.4, 0.5) is 0 Å². The van der Waals surface area contributed by atoms with Crippen LogP contribution in [0.2, 0.25) is 0 Å². The van der Waals surface area contributed by atoms with Crippen molar-refractivity contribution < 1.29 is 0 Å². The van der Waals surface area contributed by atoms with E-state index in [1.165, 1.54) is 11.3 Å². The number of fused-ring (bicyclic) bond motifs is 1. The molecule has 0 aromatic carbocycles. The fourth-order valence-electron chi connectivity index (χ4n) is 3.12. The molecular weight excluding hydrogens is 459 g/mol. The van der Waals surface area contributed by atoms with E-state index in [1.54, 1.807) is 11.3 Å². The van der Waals surface area contributed by atoms with Gasteiger partial charge in [-0.1, -0.05) is 0 Å². The van der Waals surface area contributed by atoms with Gasteiger partial charge in [-0.25, -0.2) is 4.98 Å². The third-order valence-electron chi connectivity index (χ3n) is 4.53. The molecule has 0 bridgehead atoms. The number of aromatic nitrogens is 3. The van der Waals surface area contributed by atoms with E-state index in [9.17, 15) is 0 Å². The molecule has 1 aliphatic rings. The molecule has 0 fully saturated rings. The molecule has 2 heterocycles. The van der Waals surface area contributed by atoms with E-state index in [0.29, 0.717) is 12.1 Å². The Labute approximate surface area is 176 Å². The molecule has 1 atom stereocenters. The van der Waals surface area contributed by atoms with Crippen molar-refractivity contribution in [1.29, 1.82) is 0 Å². The van der Waals surface area contributed by atoms with E-state index in [2.05, 4.69) is 50.7 Å². The van der Waals surface area contributed by atoms with Crippen LogP contribution in [0.25, 0.3) is 0 Å². The van der Waals surface area contributed by atoms with Gasteiger partial charge in [-0.2, -0.15) is 5.10 Å². The van der Waals surface area contributed by atoms with Gasteiger partial charge >= 0.3 is 0 Å². The van der Waals surface area contributed by atoms with Crippen LogP contribution in [-0.4, -0.2) is 40.4 Å². The smallest absolute Gasteiger partial charge is 0.191 e. The highest BCUT2D eigenvalue weighted by atomic mass is 127. The monoisotopic (exact) mass is 488 g/mol. The quantitative estimate of drug-likeness (QED) is 0.386. The normalized spacial score (nSPS) is 17.0. The van der Waals surface area contributed by atoms with Gasteiger partial charge in [-0.15, -0.1) is 35.3 Å². The Morgan fingerprint density at radius 2 is 2.27 bits per heavy atom. The minimum Gasteiger partial charge on any atom is -0.356 e. The maximum absolute atomic E-state index is 4.75. The van der Waals surface area contributed by atoms with Crippen molar-refractivity contribution in [2.75, 3.05) is 13.6 Å². The molecule has 0 spiro atoms. The minimum atomic E-state index is 0. The summed E-state index contributed by atoms with van der Waals surface area (Å²) in [7, 11) is 1.82. The molecule has 6 nitrogen and oxygen atoms in total. The summed E-state index contributed by atoms with van der Waals surface area (Å²) in [6, 6.07) is 0.802. The summed E-state index contributed by atoms with van der Waals surface area (Å²) in [4.78, 5) is 8.86. The highest BCUT2D eigenvalue weighted by Gasteiger charge is 2.22. The number of thiazole rings is 1. The number of guanidine groups is 1. The first-order chi connectivity index (χ1) is 12.0. The largest absolute Gasteiger partial charge is 0.356 e. The molecule has 2 aromatic rings. The van der Waals surface area contributed by atoms with Gasteiger partial charge in [0.25, 0.3) is 0 Å². The fraction of sp³-hybridized carbons (Fsp3) is 0.611. The van der Waals surface area contributed by atoms with E-state index in [4.69, 9.17) is 5.10 Å². The van der Waals surface area contributed by atoms with Crippen molar-refractivity contribution in [3.05, 3.63) is 33.5 Å². The molecule has 0 amide bonds. The lowest BCUT2D eigenvalue weighted by Gasteiger charge is -2.24. The number of aliphatic imine (C=N–C) groups is 1. The highest BCUT2D eigenvalue weighted by molar-refractivity contribution is 14.0. The molecule has 0 aliphatic heterocycles. The molecule has 1 unspecified atom stereocenters. The zero-order chi connectivity index (χ0) is 17.8. The molecule has 2 N–H and O–H groups in total. The summed E-state index contributed by atoms with van der Waals surface area (Å²) in [6.45, 7) is 7.22. The van der Waals surface area contributed by atoms with Crippen LogP contribution in [-0.2, 0) is 19.3 Å². The third kappa shape index (κ3) is 5.42. The van der Waals surface area contributed by atoms with Crippen LogP contribution >= 0.6 is 35.3 Å². The molecule has 0 saturated heterocycles. The topological polar surface area (TPSA) is 67.1 Å². The predicted octanol–water partition coefficient (Wildman–Crippen LogP) is 3.11. The van der Waals surface area contributed by atoms with Crippen LogP contribution < -0.4 is 10.6 Å². The lowest BCUT2D eigenvalue weighted by atomic mass is 9.94. The van der Waals surface area contributed by atoms with Crippen molar-refractivity contribution in [3.63, 3.8) is 0 Å². The third-order valence-corrected chi connectivity index (χ3v) is 5.35. The predicted molar refractivity (Wildman–Crippen MR) is 119 cm³/mol. The van der Waals surface area contributed by atoms with Crippen LogP contribution in [0, 0.1) is 6.92 Å². The maximum atomic E-state index is 4.75. The van der Waals surface area contributed by atoms with Crippen molar-refractivity contribution >= 4 is 41.3 Å². The Bertz CT molecular complexity index is 736. The summed E-state index contributed by atoms with van der Waals surface area (Å²) in [5.41, 5.74) is 3.77. The van der Waals surface area contributed by atoms with E-state index in [1.807, 2.05) is 14.0 Å². The number of hydrogen-bond acceptors (Lipinski definition) is 4. The lowest BCUT2D eigenvalue weighted by molar-refractivity contribution is 0.499. The number of hydrogen-bond donors (Lipinski definition) is 2. The molecule has 26 heavy (non-hydrogen) atoms. The average Bonchev–Trinajstić information content (AvgIpc) is 3.19. The number of nitrogens with zero attached hydrogens (tertiary/aromatic N) is 4. The van der Waals surface area contributed by atoms with E-state index >= 15 is 0 Å². The van der Waals surface area contributed by atoms with Crippen molar-refractivity contribution in [1.82, 2.24) is 25.4 Å². The first-order valence-electron chi connectivity index (χ1n) is 9.00. The summed E-state index contributed by atoms with van der Waals surface area (Å²) in [5, 5.41) is 14.9. The molecule has 8 heteroatoms. The molecule has 144 valence electrons. The van der Waals surface area contributed by atoms with Crippen molar-refractivity contribution in [3.8, 4) is 0 Å². The van der Waals surface area contributed by atoms with Gasteiger partial charge in [0.05, 0.1) is 16.4 Å². The standard InChI is InChI=1S/C18H28N6S.HI/c1-12(2)24-10-14-5-6-15(9-17(14)23-24)22-18(19-4)20-8-7-16-11-25-13(3)21-16;/h10-12,15H,5-9H2,1-4H3,(H2,19,20,22);1H. The molecule has 0 saturated carbocycles. The Morgan fingerprint density at radius 3 is 2.92 bits per heavy atom. The Hall–Kier alpha value is -1.16. The minimum absolute atomic E-state index is 0. The number of aryl methyl sites for hydroxylation is 2. The Morgan fingerprint density at radius 1 is 1.46 bits per heavy atom. The van der Waals surface area contributed by atoms with Gasteiger partial charge in [0.15, 0.2) is 5.96 Å².